The lowest BCUT2D eigenvalue weighted by Crippen LogP contribution is -2.36. The number of rotatable bonds is 6. The fourth-order valence-electron chi connectivity index (χ4n) is 2.04. The average Bonchev–Trinajstić information content (AvgIpc) is 2.58. The highest BCUT2D eigenvalue weighted by Gasteiger charge is 2.12. The Kier molecular flexibility index (Phi) is 6.31. The number of nitrogens with one attached hydrogen (secondary N) is 2. The van der Waals surface area contributed by atoms with Crippen molar-refractivity contribution < 1.29 is 18.7 Å². The minimum atomic E-state index is -0.636. The maximum absolute atomic E-state index is 13.5. The van der Waals surface area contributed by atoms with E-state index < -0.39 is 11.7 Å². The maximum atomic E-state index is 13.5. The highest BCUT2D eigenvalue weighted by molar-refractivity contribution is 9.10. The van der Waals surface area contributed by atoms with Crippen molar-refractivity contribution in [2.24, 2.45) is 0 Å². The van der Waals surface area contributed by atoms with Crippen LogP contribution in [0.5, 0.6) is 5.75 Å². The molecule has 0 aliphatic carbocycles. The summed E-state index contributed by atoms with van der Waals surface area (Å²) < 4.78 is 19.6. The van der Waals surface area contributed by atoms with Crippen LogP contribution < -0.4 is 15.4 Å². The van der Waals surface area contributed by atoms with Gasteiger partial charge in [-0.05, 0) is 30.3 Å². The minimum Gasteiger partial charge on any atom is -0.496 e. The van der Waals surface area contributed by atoms with Crippen LogP contribution in [0.1, 0.15) is 15.9 Å². The predicted octanol–water partition coefficient (Wildman–Crippen LogP) is 2.64. The smallest absolute Gasteiger partial charge is 0.254 e. The van der Waals surface area contributed by atoms with E-state index in [-0.39, 0.29) is 24.6 Å². The zero-order chi connectivity index (χ0) is 17.5. The lowest BCUT2D eigenvalue weighted by molar-refractivity contribution is -0.120. The van der Waals surface area contributed by atoms with Crippen molar-refractivity contribution in [3.05, 3.63) is 63.9 Å². The van der Waals surface area contributed by atoms with E-state index >= 15 is 0 Å². The van der Waals surface area contributed by atoms with Crippen LogP contribution in [0.15, 0.2) is 46.9 Å². The number of carbonyl (C=O) groups excluding carboxylic acids is 2. The molecule has 2 N–H and O–H groups in total. The zero-order valence-corrected chi connectivity index (χ0v) is 14.5. The van der Waals surface area contributed by atoms with Gasteiger partial charge in [0.05, 0.1) is 19.2 Å². The minimum absolute atomic E-state index is 0.0982. The number of halogens is 2. The Morgan fingerprint density at radius 2 is 1.92 bits per heavy atom. The van der Waals surface area contributed by atoms with Gasteiger partial charge in [-0.15, -0.1) is 0 Å². The molecule has 0 unspecified atom stereocenters. The Balaban J connectivity index is 1.87. The number of ether oxygens (including phenoxy) is 1. The van der Waals surface area contributed by atoms with Crippen LogP contribution in [-0.2, 0) is 11.3 Å². The molecule has 0 aliphatic heterocycles. The summed E-state index contributed by atoms with van der Waals surface area (Å²) in [6.07, 6.45) is 0. The maximum Gasteiger partial charge on any atom is 0.254 e. The molecular formula is C17H16BrFN2O3. The molecule has 0 heterocycles. The Labute approximate surface area is 147 Å². The van der Waals surface area contributed by atoms with Gasteiger partial charge < -0.3 is 15.4 Å². The van der Waals surface area contributed by atoms with E-state index in [1.165, 1.54) is 18.2 Å². The molecular weight excluding hydrogens is 379 g/mol. The summed E-state index contributed by atoms with van der Waals surface area (Å²) in [5.41, 5.74) is 0.694. The molecule has 0 aromatic heterocycles. The first-order chi connectivity index (χ1) is 11.5. The molecule has 0 aliphatic rings. The predicted molar refractivity (Wildman–Crippen MR) is 91.3 cm³/mol. The molecule has 2 amide bonds. The van der Waals surface area contributed by atoms with Crippen molar-refractivity contribution in [2.45, 2.75) is 6.54 Å². The van der Waals surface area contributed by atoms with E-state index in [9.17, 15) is 14.0 Å². The molecule has 0 spiro atoms. The van der Waals surface area contributed by atoms with Crippen molar-refractivity contribution in [1.82, 2.24) is 10.6 Å². The van der Waals surface area contributed by atoms with Crippen LogP contribution >= 0.6 is 15.9 Å². The number of carbonyl (C=O) groups is 2. The van der Waals surface area contributed by atoms with Crippen LogP contribution in [0.25, 0.3) is 0 Å². The lowest BCUT2D eigenvalue weighted by Gasteiger charge is -2.11. The van der Waals surface area contributed by atoms with E-state index in [1.807, 2.05) is 12.1 Å². The Hall–Kier alpha value is -2.41. The van der Waals surface area contributed by atoms with Crippen LogP contribution in [0, 0.1) is 5.82 Å². The molecule has 0 radical (unpaired) electrons. The van der Waals surface area contributed by atoms with Gasteiger partial charge in [-0.2, -0.15) is 0 Å². The average molecular weight is 395 g/mol. The van der Waals surface area contributed by atoms with E-state index in [0.29, 0.717) is 5.75 Å². The van der Waals surface area contributed by atoms with Crippen molar-refractivity contribution in [3.8, 4) is 5.75 Å². The summed E-state index contributed by atoms with van der Waals surface area (Å²) in [6.45, 7) is 0.000498. The van der Waals surface area contributed by atoms with Gasteiger partial charge in [0.1, 0.15) is 11.6 Å². The molecule has 0 atom stereocenters. The largest absolute Gasteiger partial charge is 0.496 e. The molecule has 2 aromatic rings. The third-order valence-electron chi connectivity index (χ3n) is 3.25. The molecule has 0 fully saturated rings. The van der Waals surface area contributed by atoms with Crippen molar-refractivity contribution in [3.63, 3.8) is 0 Å². The van der Waals surface area contributed by atoms with Crippen LogP contribution in [-0.4, -0.2) is 25.5 Å². The SMILES string of the molecule is COc1ccc(Br)cc1CNC(=O)CNC(=O)c1ccccc1F. The number of hydrogen-bond donors (Lipinski definition) is 2. The summed E-state index contributed by atoms with van der Waals surface area (Å²) in [4.78, 5) is 23.7. The summed E-state index contributed by atoms with van der Waals surface area (Å²) >= 11 is 3.35. The quantitative estimate of drug-likeness (QED) is 0.791. The van der Waals surface area contributed by atoms with Crippen LogP contribution in [0.3, 0.4) is 0 Å². The standard InChI is InChI=1S/C17H16BrFN2O3/c1-24-15-7-6-12(18)8-11(15)9-20-16(22)10-21-17(23)13-4-2-3-5-14(13)19/h2-8H,9-10H2,1H3,(H,20,22)(H,21,23). The number of amides is 2. The number of hydrogen-bond acceptors (Lipinski definition) is 3. The van der Waals surface area contributed by atoms with Gasteiger partial charge in [0.15, 0.2) is 0 Å². The summed E-state index contributed by atoms with van der Waals surface area (Å²) in [5.74, 6) is -1.01. The van der Waals surface area contributed by atoms with Crippen LogP contribution in [0.2, 0.25) is 0 Å². The fraction of sp³-hybridized carbons (Fsp3) is 0.176. The van der Waals surface area contributed by atoms with Crippen molar-refractivity contribution >= 4 is 27.7 Å². The fourth-order valence-corrected chi connectivity index (χ4v) is 2.45. The second-order valence-corrected chi connectivity index (χ2v) is 5.81. The third kappa shape index (κ3) is 4.79. The molecule has 0 saturated heterocycles. The third-order valence-corrected chi connectivity index (χ3v) is 3.74. The zero-order valence-electron chi connectivity index (χ0n) is 12.9. The molecule has 0 bridgehead atoms. The number of methoxy groups -OCH3 is 1. The van der Waals surface area contributed by atoms with Crippen molar-refractivity contribution in [1.29, 1.82) is 0 Å². The molecule has 7 heteroatoms. The van der Waals surface area contributed by atoms with Gasteiger partial charge in [-0.25, -0.2) is 4.39 Å². The van der Waals surface area contributed by atoms with Gasteiger partial charge in [0, 0.05) is 16.6 Å². The summed E-state index contributed by atoms with van der Waals surface area (Å²) in [6, 6.07) is 11.0. The number of benzene rings is 2. The van der Waals surface area contributed by atoms with E-state index in [1.54, 1.807) is 19.2 Å². The molecule has 2 aromatic carbocycles. The monoisotopic (exact) mass is 394 g/mol. The summed E-state index contributed by atoms with van der Waals surface area (Å²) in [5, 5.41) is 5.06. The van der Waals surface area contributed by atoms with E-state index in [4.69, 9.17) is 4.74 Å². The first-order valence-corrected chi connectivity index (χ1v) is 7.92. The Morgan fingerprint density at radius 1 is 1.17 bits per heavy atom. The highest BCUT2D eigenvalue weighted by Crippen LogP contribution is 2.22. The first kappa shape index (κ1) is 17.9. The van der Waals surface area contributed by atoms with Gasteiger partial charge in [0.25, 0.3) is 5.91 Å². The molecule has 126 valence electrons. The summed E-state index contributed by atoms with van der Waals surface area (Å²) in [7, 11) is 1.54. The molecule has 24 heavy (non-hydrogen) atoms. The first-order valence-electron chi connectivity index (χ1n) is 7.13. The van der Waals surface area contributed by atoms with Crippen molar-refractivity contribution in [2.75, 3.05) is 13.7 Å². The second-order valence-electron chi connectivity index (χ2n) is 4.90. The van der Waals surface area contributed by atoms with E-state index in [2.05, 4.69) is 26.6 Å². The second kappa shape index (κ2) is 8.44. The molecule has 2 rings (SSSR count). The Bertz CT molecular complexity index is 752. The van der Waals surface area contributed by atoms with Gasteiger partial charge in [-0.3, -0.25) is 9.59 Å². The molecule has 0 saturated carbocycles. The molecule has 5 nitrogen and oxygen atoms in total. The Morgan fingerprint density at radius 3 is 2.62 bits per heavy atom. The van der Waals surface area contributed by atoms with Gasteiger partial charge in [0.2, 0.25) is 5.91 Å². The van der Waals surface area contributed by atoms with Gasteiger partial charge in [-0.1, -0.05) is 28.1 Å². The van der Waals surface area contributed by atoms with Crippen LogP contribution in [0.4, 0.5) is 4.39 Å². The lowest BCUT2D eigenvalue weighted by atomic mass is 10.2. The normalized spacial score (nSPS) is 10.1. The van der Waals surface area contributed by atoms with Gasteiger partial charge >= 0.3 is 0 Å². The topological polar surface area (TPSA) is 67.4 Å². The highest BCUT2D eigenvalue weighted by atomic mass is 79.9. The van der Waals surface area contributed by atoms with E-state index in [0.717, 1.165) is 10.0 Å².